The molecule has 2 rings (SSSR count). The van der Waals surface area contributed by atoms with Gasteiger partial charge in [0.1, 0.15) is 5.82 Å². The summed E-state index contributed by atoms with van der Waals surface area (Å²) in [5.41, 5.74) is -0.298. The highest BCUT2D eigenvalue weighted by Gasteiger charge is 2.42. The highest BCUT2D eigenvalue weighted by Crippen LogP contribution is 2.31. The minimum Gasteiger partial charge on any atom is -0.321 e. The number of aryl methyl sites for hydroxylation is 1. The van der Waals surface area contributed by atoms with Crippen LogP contribution in [0.4, 0.5) is 23.1 Å². The van der Waals surface area contributed by atoms with Crippen LogP contribution in [0.5, 0.6) is 0 Å². The Kier molecular flexibility index (Phi) is 4.36. The summed E-state index contributed by atoms with van der Waals surface area (Å²) in [5, 5.41) is 4.15. The van der Waals surface area contributed by atoms with Gasteiger partial charge < -0.3 is 5.32 Å². The maximum atomic E-state index is 13.0. The van der Waals surface area contributed by atoms with Gasteiger partial charge in [-0.2, -0.15) is 17.5 Å². The molecule has 0 aliphatic carbocycles. The van der Waals surface area contributed by atoms with E-state index in [9.17, 15) is 18.0 Å². The van der Waals surface area contributed by atoms with E-state index in [4.69, 9.17) is 0 Å². The Balaban J connectivity index is 2.11. The Morgan fingerprint density at radius 2 is 2.14 bits per heavy atom. The van der Waals surface area contributed by atoms with Gasteiger partial charge in [0.25, 0.3) is 0 Å². The molecule has 0 unspecified atom stereocenters. The zero-order chi connectivity index (χ0) is 15.5. The largest absolute Gasteiger partial charge is 0.414 e. The van der Waals surface area contributed by atoms with Crippen molar-refractivity contribution in [1.82, 2.24) is 19.7 Å². The van der Waals surface area contributed by atoms with Crippen LogP contribution >= 0.6 is 11.5 Å². The van der Waals surface area contributed by atoms with Crippen LogP contribution in [0, 0.1) is 6.92 Å². The molecule has 2 amide bonds. The predicted molar refractivity (Wildman–Crippen MR) is 69.8 cm³/mol. The highest BCUT2D eigenvalue weighted by atomic mass is 32.1. The predicted octanol–water partition coefficient (Wildman–Crippen LogP) is 2.67. The van der Waals surface area contributed by atoms with Crippen molar-refractivity contribution in [2.45, 2.75) is 19.1 Å². The number of halogens is 3. The zero-order valence-electron chi connectivity index (χ0n) is 10.7. The molecule has 0 aliphatic rings. The second kappa shape index (κ2) is 6.04. The fraction of sp³-hybridized carbons (Fsp3) is 0.273. The lowest BCUT2D eigenvalue weighted by Crippen LogP contribution is -2.40. The summed E-state index contributed by atoms with van der Waals surface area (Å²) in [6.07, 6.45) is -3.44. The van der Waals surface area contributed by atoms with E-state index in [0.717, 1.165) is 11.5 Å². The van der Waals surface area contributed by atoms with Crippen LogP contribution in [0.1, 0.15) is 17.6 Å². The number of anilines is 1. The SMILES string of the molecule is Cc1nsc(NC(=O)N[C@H](c2ccccn2)C(F)(F)F)n1. The molecule has 21 heavy (non-hydrogen) atoms. The molecule has 2 heterocycles. The molecule has 6 nitrogen and oxygen atoms in total. The first kappa shape index (κ1) is 15.2. The van der Waals surface area contributed by atoms with Crippen molar-refractivity contribution < 1.29 is 18.0 Å². The third-order valence-corrected chi connectivity index (χ3v) is 3.06. The number of nitrogens with one attached hydrogen (secondary N) is 2. The van der Waals surface area contributed by atoms with Gasteiger partial charge in [0.2, 0.25) is 5.13 Å². The molecule has 2 N–H and O–H groups in total. The average molecular weight is 317 g/mol. The Morgan fingerprint density at radius 1 is 1.38 bits per heavy atom. The van der Waals surface area contributed by atoms with E-state index >= 15 is 0 Å². The van der Waals surface area contributed by atoms with Gasteiger partial charge in [-0.25, -0.2) is 9.78 Å². The summed E-state index contributed by atoms with van der Waals surface area (Å²) in [6.45, 7) is 1.60. The van der Waals surface area contributed by atoms with Gasteiger partial charge in [-0.15, -0.1) is 0 Å². The van der Waals surface area contributed by atoms with Gasteiger partial charge >= 0.3 is 12.2 Å². The number of aromatic nitrogens is 3. The van der Waals surface area contributed by atoms with E-state index in [2.05, 4.69) is 19.7 Å². The molecule has 2 aromatic rings. The third-order valence-electron chi connectivity index (χ3n) is 2.33. The van der Waals surface area contributed by atoms with Gasteiger partial charge in [0, 0.05) is 17.7 Å². The van der Waals surface area contributed by atoms with E-state index in [1.54, 1.807) is 6.92 Å². The fourth-order valence-electron chi connectivity index (χ4n) is 1.48. The molecule has 0 radical (unpaired) electrons. The molecule has 1 atom stereocenters. The molecule has 0 spiro atoms. The number of nitrogens with zero attached hydrogens (tertiary/aromatic N) is 3. The number of pyridine rings is 1. The number of rotatable bonds is 3. The molecule has 112 valence electrons. The molecule has 10 heteroatoms. The van der Waals surface area contributed by atoms with Gasteiger partial charge in [0.05, 0.1) is 5.69 Å². The first-order valence-corrected chi connectivity index (χ1v) is 6.49. The quantitative estimate of drug-likeness (QED) is 0.912. The zero-order valence-corrected chi connectivity index (χ0v) is 11.5. The lowest BCUT2D eigenvalue weighted by Gasteiger charge is -2.20. The molecule has 0 saturated carbocycles. The smallest absolute Gasteiger partial charge is 0.321 e. The summed E-state index contributed by atoms with van der Waals surface area (Å²) < 4.78 is 42.8. The molecule has 2 aromatic heterocycles. The van der Waals surface area contributed by atoms with Gasteiger partial charge in [-0.3, -0.25) is 10.3 Å². The van der Waals surface area contributed by atoms with E-state index in [1.165, 1.54) is 24.4 Å². The Labute approximate surface area is 121 Å². The number of hydrogen-bond donors (Lipinski definition) is 2. The van der Waals surface area contributed by atoms with Crippen molar-refractivity contribution in [3.63, 3.8) is 0 Å². The van der Waals surface area contributed by atoms with Gasteiger partial charge in [0.15, 0.2) is 6.04 Å². The molecular formula is C11H10F3N5OS. The minimum atomic E-state index is -4.66. The molecular weight excluding hydrogens is 307 g/mol. The average Bonchev–Trinajstić information content (AvgIpc) is 2.81. The number of alkyl halides is 3. The maximum absolute atomic E-state index is 13.0. The second-order valence-electron chi connectivity index (χ2n) is 3.97. The Hall–Kier alpha value is -2.23. The van der Waals surface area contributed by atoms with Crippen LogP contribution in [-0.2, 0) is 0 Å². The van der Waals surface area contributed by atoms with Crippen LogP contribution in [0.15, 0.2) is 24.4 Å². The lowest BCUT2D eigenvalue weighted by atomic mass is 10.2. The second-order valence-corrected chi connectivity index (χ2v) is 4.73. The summed E-state index contributed by atoms with van der Waals surface area (Å²) in [6, 6.07) is 0.857. The minimum absolute atomic E-state index is 0.118. The summed E-state index contributed by atoms with van der Waals surface area (Å²) in [5.74, 6) is 0.424. The summed E-state index contributed by atoms with van der Waals surface area (Å²) in [7, 11) is 0. The first-order valence-electron chi connectivity index (χ1n) is 5.72. The number of hydrogen-bond acceptors (Lipinski definition) is 5. The molecule has 0 aromatic carbocycles. The molecule has 0 aliphatic heterocycles. The van der Waals surface area contributed by atoms with E-state index in [-0.39, 0.29) is 10.8 Å². The molecule has 0 fully saturated rings. The summed E-state index contributed by atoms with van der Waals surface area (Å²) >= 11 is 0.878. The van der Waals surface area contributed by atoms with Gasteiger partial charge in [-0.1, -0.05) is 6.07 Å². The van der Waals surface area contributed by atoms with Crippen LogP contribution in [0.3, 0.4) is 0 Å². The fourth-order valence-corrected chi connectivity index (χ4v) is 2.05. The lowest BCUT2D eigenvalue weighted by molar-refractivity contribution is -0.155. The summed E-state index contributed by atoms with van der Waals surface area (Å²) in [4.78, 5) is 19.1. The number of carbonyl (C=O) groups excluding carboxylic acids is 1. The third kappa shape index (κ3) is 4.12. The van der Waals surface area contributed by atoms with E-state index in [0.29, 0.717) is 5.82 Å². The van der Waals surface area contributed by atoms with Crippen LogP contribution in [0.2, 0.25) is 0 Å². The van der Waals surface area contributed by atoms with Gasteiger partial charge in [-0.05, 0) is 19.1 Å². The van der Waals surface area contributed by atoms with Crippen LogP contribution < -0.4 is 10.6 Å². The number of amides is 2. The van der Waals surface area contributed by atoms with E-state index in [1.807, 2.05) is 5.32 Å². The topological polar surface area (TPSA) is 79.8 Å². The van der Waals surface area contributed by atoms with Crippen molar-refractivity contribution in [2.24, 2.45) is 0 Å². The monoisotopic (exact) mass is 317 g/mol. The van der Waals surface area contributed by atoms with Crippen molar-refractivity contribution in [1.29, 1.82) is 0 Å². The van der Waals surface area contributed by atoms with Crippen molar-refractivity contribution in [3.8, 4) is 0 Å². The van der Waals surface area contributed by atoms with Crippen molar-refractivity contribution in [3.05, 3.63) is 35.9 Å². The van der Waals surface area contributed by atoms with Crippen molar-refractivity contribution in [2.75, 3.05) is 5.32 Å². The number of urea groups is 1. The Morgan fingerprint density at radius 3 is 2.67 bits per heavy atom. The van der Waals surface area contributed by atoms with Crippen LogP contribution in [0.25, 0.3) is 0 Å². The Bertz CT molecular complexity index is 616. The highest BCUT2D eigenvalue weighted by molar-refractivity contribution is 7.09. The first-order chi connectivity index (χ1) is 9.86. The standard InChI is InChI=1S/C11H10F3N5OS/c1-6-16-10(21-19-6)18-9(20)17-8(11(12,13)14)7-4-2-3-5-15-7/h2-5,8H,1H3,(H2,16,17,18,19,20)/t8-/m1/s1. The normalized spacial score (nSPS) is 12.8. The van der Waals surface area contributed by atoms with E-state index < -0.39 is 18.2 Å². The number of carbonyl (C=O) groups is 1. The van der Waals surface area contributed by atoms with Crippen LogP contribution in [-0.4, -0.2) is 26.5 Å². The van der Waals surface area contributed by atoms with Crippen molar-refractivity contribution >= 4 is 22.7 Å². The maximum Gasteiger partial charge on any atom is 0.414 e. The molecule has 0 saturated heterocycles. The molecule has 0 bridgehead atoms.